The average Bonchev–Trinajstić information content (AvgIpc) is 3.17. The minimum Gasteiger partial charge on any atom is -0.256 e. The van der Waals surface area contributed by atoms with Crippen molar-refractivity contribution in [3.63, 3.8) is 0 Å². The van der Waals surface area contributed by atoms with E-state index < -0.39 is 14.4 Å². The fraction of sp³-hybridized carbons (Fsp3) is 0.207. The zero-order chi connectivity index (χ0) is 24.3. The zero-order valence-corrected chi connectivity index (χ0v) is 21.1. The van der Waals surface area contributed by atoms with Crippen LogP contribution in [-0.4, -0.2) is 13.1 Å². The van der Waals surface area contributed by atoms with Gasteiger partial charge in [-0.05, 0) is 49.5 Å². The van der Waals surface area contributed by atoms with Crippen LogP contribution in [0, 0.1) is 13.8 Å². The molecule has 0 spiro atoms. The Morgan fingerprint density at radius 1 is 0.875 bits per heavy atom. The van der Waals surface area contributed by atoms with E-state index in [2.05, 4.69) is 62.1 Å². The molecule has 5 aromatic rings. The topological polar surface area (TPSA) is 12.9 Å². The fourth-order valence-corrected chi connectivity index (χ4v) is 7.46. The second kappa shape index (κ2) is 7.98. The number of pyridine rings is 1. The Morgan fingerprint density at radius 2 is 1.62 bits per heavy atom. The molecule has 0 saturated carbocycles. The van der Waals surface area contributed by atoms with Gasteiger partial charge in [-0.1, -0.05) is 84.5 Å². The predicted molar refractivity (Wildman–Crippen MR) is 144 cm³/mol. The van der Waals surface area contributed by atoms with Crippen LogP contribution < -0.4 is 5.19 Å². The highest BCUT2D eigenvalue weighted by atomic mass is 32.1. The number of fused-ring (bicyclic) bond motifs is 3. The molecule has 0 aliphatic rings. The lowest BCUT2D eigenvalue weighted by Gasteiger charge is -2.19. The largest absolute Gasteiger partial charge is 0.256 e. The van der Waals surface area contributed by atoms with E-state index in [1.165, 1.54) is 25.4 Å². The molecule has 5 rings (SSSR count). The van der Waals surface area contributed by atoms with E-state index in [1.54, 1.807) is 12.3 Å². The van der Waals surface area contributed by atoms with Crippen LogP contribution in [0.1, 0.15) is 25.0 Å². The van der Waals surface area contributed by atoms with E-state index in [0.29, 0.717) is 11.1 Å². The molecule has 0 aliphatic carbocycles. The molecule has 2 heterocycles. The molecule has 0 fully saturated rings. The first-order valence-electron chi connectivity index (χ1n) is 12.1. The highest BCUT2D eigenvalue weighted by molar-refractivity contribution is 7.26. The number of aromatic nitrogens is 1. The first kappa shape index (κ1) is 18.8. The number of rotatable bonds is 4. The van der Waals surface area contributed by atoms with Crippen LogP contribution in [0.5, 0.6) is 0 Å². The molecule has 0 atom stereocenters. The molecule has 0 radical (unpaired) electrons. The minimum atomic E-state index is -1.61. The van der Waals surface area contributed by atoms with Gasteiger partial charge in [-0.15, -0.1) is 11.3 Å². The van der Waals surface area contributed by atoms with Gasteiger partial charge in [-0.2, -0.15) is 0 Å². The molecule has 160 valence electrons. The molecule has 0 N–H and O–H groups in total. The van der Waals surface area contributed by atoms with E-state index >= 15 is 0 Å². The van der Waals surface area contributed by atoms with E-state index in [0.717, 1.165) is 22.4 Å². The number of benzene rings is 3. The normalized spacial score (nSPS) is 13.4. The van der Waals surface area contributed by atoms with Crippen molar-refractivity contribution in [2.75, 3.05) is 0 Å². The molecule has 0 amide bonds. The van der Waals surface area contributed by atoms with Gasteiger partial charge in [0.05, 0.1) is 13.8 Å². The standard InChI is InChI=1S/C29H29NSSi/c1-19-14-20(2)16-22(15-19)17-21-12-13-30-25(18-21)23-10-11-27(32(3,4)5)28-24-8-6-7-9-26(24)31-29(23)28/h6-16,18H,17H2,1-5H3/i17D2. The Balaban J connectivity index is 1.72. The van der Waals surface area contributed by atoms with Crippen molar-refractivity contribution in [2.45, 2.75) is 39.9 Å². The van der Waals surface area contributed by atoms with Gasteiger partial charge in [0.15, 0.2) is 0 Å². The zero-order valence-electron chi connectivity index (χ0n) is 21.3. The molecular formula is C29H29NSSi. The van der Waals surface area contributed by atoms with Crippen molar-refractivity contribution < 1.29 is 2.74 Å². The molecule has 3 heteroatoms. The van der Waals surface area contributed by atoms with E-state index in [1.807, 2.05) is 43.4 Å². The lowest BCUT2D eigenvalue weighted by molar-refractivity contribution is 1.15. The van der Waals surface area contributed by atoms with Crippen LogP contribution in [0.2, 0.25) is 19.6 Å². The summed E-state index contributed by atoms with van der Waals surface area (Å²) in [6.07, 6.45) is 0.142. The Bertz CT molecular complexity index is 1530. The molecule has 0 bridgehead atoms. The molecule has 0 saturated heterocycles. The number of hydrogen-bond donors (Lipinski definition) is 0. The quantitative estimate of drug-likeness (QED) is 0.252. The van der Waals surface area contributed by atoms with Crippen LogP contribution in [0.3, 0.4) is 0 Å². The SMILES string of the molecule is [2H]C([2H])(c1cc(C)cc(C)c1)c1ccnc(-c2ccc([Si](C)(C)C)c3c2sc2ccccc23)c1. The van der Waals surface area contributed by atoms with Crippen molar-refractivity contribution in [3.05, 3.63) is 95.2 Å². The van der Waals surface area contributed by atoms with Crippen LogP contribution >= 0.6 is 11.3 Å². The van der Waals surface area contributed by atoms with Gasteiger partial charge in [0, 0.05) is 34.7 Å². The summed E-state index contributed by atoms with van der Waals surface area (Å²) in [5.41, 5.74) is 5.36. The van der Waals surface area contributed by atoms with E-state index in [-0.39, 0.29) is 0 Å². The van der Waals surface area contributed by atoms with Gasteiger partial charge >= 0.3 is 0 Å². The summed E-state index contributed by atoms with van der Waals surface area (Å²) >= 11 is 1.82. The summed E-state index contributed by atoms with van der Waals surface area (Å²) in [5, 5.41) is 4.12. The summed E-state index contributed by atoms with van der Waals surface area (Å²) in [4.78, 5) is 4.72. The Kier molecular flexibility index (Phi) is 4.69. The summed E-state index contributed by atoms with van der Waals surface area (Å²) < 4.78 is 20.5. The summed E-state index contributed by atoms with van der Waals surface area (Å²) in [6, 6.07) is 22.8. The maximum absolute atomic E-state index is 8.97. The van der Waals surface area contributed by atoms with Crippen molar-refractivity contribution in [1.82, 2.24) is 4.98 Å². The van der Waals surface area contributed by atoms with Crippen molar-refractivity contribution >= 4 is 44.8 Å². The predicted octanol–water partition coefficient (Wildman–Crippen LogP) is 7.87. The maximum atomic E-state index is 8.97. The van der Waals surface area contributed by atoms with E-state index in [9.17, 15) is 0 Å². The number of thiophene rings is 1. The summed E-state index contributed by atoms with van der Waals surface area (Å²) in [7, 11) is -1.57. The monoisotopic (exact) mass is 453 g/mol. The number of aryl methyl sites for hydroxylation is 2. The minimum absolute atomic E-state index is 0.631. The second-order valence-corrected chi connectivity index (χ2v) is 15.7. The first-order valence-corrected chi connectivity index (χ1v) is 15.4. The third-order valence-electron chi connectivity index (χ3n) is 5.88. The summed E-state index contributed by atoms with van der Waals surface area (Å²) in [6.45, 7) is 11.2. The van der Waals surface area contributed by atoms with Crippen molar-refractivity contribution in [1.29, 1.82) is 0 Å². The molecular weight excluding hydrogens is 422 g/mol. The van der Waals surface area contributed by atoms with Crippen LogP contribution in [0.25, 0.3) is 31.4 Å². The second-order valence-electron chi connectivity index (χ2n) is 9.64. The smallest absolute Gasteiger partial charge is 0.0784 e. The summed E-state index contributed by atoms with van der Waals surface area (Å²) in [5.74, 6) is 0. The molecule has 0 aliphatic heterocycles. The highest BCUT2D eigenvalue weighted by Crippen LogP contribution is 2.39. The van der Waals surface area contributed by atoms with Crippen LogP contribution in [0.4, 0.5) is 0 Å². The van der Waals surface area contributed by atoms with Gasteiger partial charge in [0.2, 0.25) is 0 Å². The third kappa shape index (κ3) is 3.91. The average molecular weight is 454 g/mol. The lowest BCUT2D eigenvalue weighted by Crippen LogP contribution is -2.37. The molecule has 2 aromatic heterocycles. The van der Waals surface area contributed by atoms with Crippen molar-refractivity contribution in [3.8, 4) is 11.3 Å². The van der Waals surface area contributed by atoms with Gasteiger partial charge < -0.3 is 0 Å². The van der Waals surface area contributed by atoms with Gasteiger partial charge in [0.1, 0.15) is 0 Å². The third-order valence-corrected chi connectivity index (χ3v) is 9.12. The Morgan fingerprint density at radius 3 is 2.38 bits per heavy atom. The van der Waals surface area contributed by atoms with E-state index in [4.69, 9.17) is 7.73 Å². The number of hydrogen-bond acceptors (Lipinski definition) is 2. The fourth-order valence-electron chi connectivity index (χ4n) is 4.52. The van der Waals surface area contributed by atoms with Gasteiger partial charge in [0.25, 0.3) is 0 Å². The molecule has 32 heavy (non-hydrogen) atoms. The molecule has 3 aromatic carbocycles. The molecule has 1 nitrogen and oxygen atoms in total. The van der Waals surface area contributed by atoms with Crippen LogP contribution in [-0.2, 0) is 6.37 Å². The Hall–Kier alpha value is -2.75. The van der Waals surface area contributed by atoms with Gasteiger partial charge in [-0.3, -0.25) is 4.98 Å². The first-order chi connectivity index (χ1) is 16.1. The highest BCUT2D eigenvalue weighted by Gasteiger charge is 2.23. The Labute approximate surface area is 198 Å². The van der Waals surface area contributed by atoms with Crippen LogP contribution in [0.15, 0.2) is 72.9 Å². The lowest BCUT2D eigenvalue weighted by atomic mass is 9.99. The maximum Gasteiger partial charge on any atom is 0.0784 e. The van der Waals surface area contributed by atoms with Crippen molar-refractivity contribution in [2.24, 2.45) is 0 Å². The van der Waals surface area contributed by atoms with Gasteiger partial charge in [-0.25, -0.2) is 0 Å². The number of nitrogens with zero attached hydrogens (tertiary/aromatic N) is 1. The molecule has 0 unspecified atom stereocenters.